The van der Waals surface area contributed by atoms with Crippen molar-refractivity contribution >= 4 is 58.7 Å². The van der Waals surface area contributed by atoms with Gasteiger partial charge in [-0.3, -0.25) is 4.79 Å². The van der Waals surface area contributed by atoms with E-state index < -0.39 is 26.4 Å². The van der Waals surface area contributed by atoms with E-state index in [4.69, 9.17) is 37.0 Å². The molecule has 13 nitrogen and oxygen atoms in total. The summed E-state index contributed by atoms with van der Waals surface area (Å²) in [4.78, 5) is 14.0. The SMILES string of the molecule is COc1cc(OC)c2c(=O)c(OCCC[SH]3C=NN=C3OS(=O)(=O)c3ccc(Br)cc3)c(-c3cc(OC)c(OC)c(OC)c3)oc2c1. The normalized spacial score (nSPS) is 14.9. The molecule has 5 rings (SSSR count). The third-order valence-corrected chi connectivity index (χ3v) is 10.7. The predicted molar refractivity (Wildman–Crippen MR) is 183 cm³/mol. The largest absolute Gasteiger partial charge is 0.496 e. The highest BCUT2D eigenvalue weighted by atomic mass is 79.9. The summed E-state index contributed by atoms with van der Waals surface area (Å²) in [6, 6.07) is 12.5. The second-order valence-electron chi connectivity index (χ2n) is 9.71. The van der Waals surface area contributed by atoms with E-state index in [-0.39, 0.29) is 45.0 Å². The molecule has 1 unspecified atom stereocenters. The molecule has 4 aromatic rings. The summed E-state index contributed by atoms with van der Waals surface area (Å²) >= 11 is 3.29. The van der Waals surface area contributed by atoms with E-state index in [9.17, 15) is 13.2 Å². The van der Waals surface area contributed by atoms with Crippen molar-refractivity contribution in [1.29, 1.82) is 0 Å². The third-order valence-electron chi connectivity index (χ3n) is 6.93. The molecule has 250 valence electrons. The van der Waals surface area contributed by atoms with Crippen LogP contribution in [0, 0.1) is 0 Å². The topological polar surface area (TPSA) is 154 Å². The maximum atomic E-state index is 14.0. The second kappa shape index (κ2) is 14.6. The predicted octanol–water partition coefficient (Wildman–Crippen LogP) is 5.75. The van der Waals surface area contributed by atoms with Crippen LogP contribution in [-0.2, 0) is 14.3 Å². The molecule has 0 bridgehead atoms. The highest BCUT2D eigenvalue weighted by Crippen LogP contribution is 2.44. The molecule has 0 aliphatic carbocycles. The Morgan fingerprint density at radius 3 is 2.15 bits per heavy atom. The summed E-state index contributed by atoms with van der Waals surface area (Å²) in [5.74, 6) is 2.15. The number of thiol groups is 1. The van der Waals surface area contributed by atoms with Gasteiger partial charge in [0.15, 0.2) is 17.3 Å². The first-order valence-electron chi connectivity index (χ1n) is 13.9. The first-order chi connectivity index (χ1) is 22.6. The fourth-order valence-electron chi connectivity index (χ4n) is 4.67. The highest BCUT2D eigenvalue weighted by Gasteiger charge is 2.27. The number of fused-ring (bicyclic) bond motifs is 1. The van der Waals surface area contributed by atoms with E-state index >= 15 is 0 Å². The molecule has 1 aliphatic rings. The lowest BCUT2D eigenvalue weighted by molar-refractivity contribution is 0.309. The molecular weight excluding hydrogens is 720 g/mol. The number of rotatable bonds is 13. The zero-order valence-electron chi connectivity index (χ0n) is 25.9. The third kappa shape index (κ3) is 7.13. The van der Waals surface area contributed by atoms with Gasteiger partial charge in [0.05, 0.1) is 47.7 Å². The van der Waals surface area contributed by atoms with Crippen molar-refractivity contribution in [3.05, 3.63) is 63.2 Å². The van der Waals surface area contributed by atoms with Crippen molar-refractivity contribution in [1.82, 2.24) is 0 Å². The van der Waals surface area contributed by atoms with Gasteiger partial charge >= 0.3 is 10.1 Å². The Kier molecular flexibility index (Phi) is 10.5. The first kappa shape index (κ1) is 33.9. The van der Waals surface area contributed by atoms with Crippen molar-refractivity contribution in [2.75, 3.05) is 47.9 Å². The van der Waals surface area contributed by atoms with Crippen LogP contribution in [0.25, 0.3) is 22.3 Å². The first-order valence-corrected chi connectivity index (χ1v) is 17.7. The van der Waals surface area contributed by atoms with Gasteiger partial charge < -0.3 is 37.0 Å². The minimum Gasteiger partial charge on any atom is -0.496 e. The van der Waals surface area contributed by atoms with Gasteiger partial charge in [-0.05, 0) is 48.6 Å². The van der Waals surface area contributed by atoms with Crippen LogP contribution < -0.4 is 33.8 Å². The standard InChI is InChI=1S/C31H31BrN2O11S2/c1-38-20-15-22(39-2)26-23(16-20)44-28(18-13-24(40-3)29(42-5)25(14-18)41-4)30(27(26)35)43-11-6-12-46-17-33-34-31(46)45-47(36,37)21-9-7-19(32)8-10-21/h7-10,13-17,46H,6,11-12H2,1-5H3. The lowest BCUT2D eigenvalue weighted by Crippen LogP contribution is -2.16. The van der Waals surface area contributed by atoms with E-state index in [1.54, 1.807) is 41.9 Å². The van der Waals surface area contributed by atoms with Crippen molar-refractivity contribution in [3.63, 3.8) is 0 Å². The number of benzene rings is 3. The Bertz CT molecular complexity index is 1990. The van der Waals surface area contributed by atoms with Crippen molar-refractivity contribution in [2.24, 2.45) is 10.2 Å². The molecule has 1 atom stereocenters. The van der Waals surface area contributed by atoms with Crippen molar-refractivity contribution < 1.29 is 45.4 Å². The van der Waals surface area contributed by atoms with Crippen LogP contribution in [0.1, 0.15) is 6.42 Å². The van der Waals surface area contributed by atoms with Gasteiger partial charge in [-0.2, -0.15) is 8.42 Å². The summed E-state index contributed by atoms with van der Waals surface area (Å²) in [5.41, 5.74) is 1.71. The van der Waals surface area contributed by atoms with Gasteiger partial charge in [0.25, 0.3) is 5.23 Å². The number of halogens is 1. The molecular formula is C31H31BrN2O11S2. The Morgan fingerprint density at radius 1 is 0.851 bits per heavy atom. The summed E-state index contributed by atoms with van der Waals surface area (Å²) in [5, 5.41) is 7.96. The number of ether oxygens (including phenoxy) is 6. The van der Waals surface area contributed by atoms with Crippen molar-refractivity contribution in [2.45, 2.75) is 11.3 Å². The fraction of sp³-hybridized carbons (Fsp3) is 0.258. The van der Waals surface area contributed by atoms with E-state index in [1.165, 1.54) is 47.7 Å². The quantitative estimate of drug-likeness (QED) is 0.101. The zero-order valence-corrected chi connectivity index (χ0v) is 29.2. The molecule has 0 saturated heterocycles. The van der Waals surface area contributed by atoms with Crippen molar-refractivity contribution in [3.8, 4) is 45.8 Å². The van der Waals surface area contributed by atoms with Crippen LogP contribution in [0.3, 0.4) is 0 Å². The van der Waals surface area contributed by atoms with Gasteiger partial charge in [-0.25, -0.2) is 0 Å². The van der Waals surface area contributed by atoms with Crippen LogP contribution >= 0.6 is 26.8 Å². The lowest BCUT2D eigenvalue weighted by atomic mass is 10.1. The van der Waals surface area contributed by atoms with E-state index in [0.717, 1.165) is 4.47 Å². The average Bonchev–Trinajstić information content (AvgIpc) is 3.51. The lowest BCUT2D eigenvalue weighted by Gasteiger charge is -2.17. The van der Waals surface area contributed by atoms with Crippen LogP contribution in [0.4, 0.5) is 0 Å². The Morgan fingerprint density at radius 2 is 1.53 bits per heavy atom. The monoisotopic (exact) mass is 750 g/mol. The molecule has 47 heavy (non-hydrogen) atoms. The Hall–Kier alpha value is -4.41. The Labute approximate surface area is 281 Å². The molecule has 3 aromatic carbocycles. The van der Waals surface area contributed by atoms with E-state index in [0.29, 0.717) is 40.7 Å². The van der Waals surface area contributed by atoms with Gasteiger partial charge in [0.1, 0.15) is 27.4 Å². The fourth-order valence-corrected chi connectivity index (χ4v) is 7.63. The maximum absolute atomic E-state index is 14.0. The van der Waals surface area contributed by atoms with E-state index in [1.807, 2.05) is 0 Å². The van der Waals surface area contributed by atoms with Gasteiger partial charge in [0.2, 0.25) is 16.9 Å². The molecule has 1 aliphatic heterocycles. The smallest absolute Gasteiger partial charge is 0.341 e. The second-order valence-corrected chi connectivity index (χ2v) is 14.2. The van der Waals surface area contributed by atoms with Crippen LogP contribution in [0.15, 0.2) is 77.3 Å². The molecule has 0 saturated carbocycles. The maximum Gasteiger partial charge on any atom is 0.341 e. The summed E-state index contributed by atoms with van der Waals surface area (Å²) < 4.78 is 71.5. The Balaban J connectivity index is 1.44. The molecule has 0 amide bonds. The highest BCUT2D eigenvalue weighted by molar-refractivity contribution is 9.10. The molecule has 2 heterocycles. The summed E-state index contributed by atoms with van der Waals surface area (Å²) in [6.07, 6.45) is 0.393. The van der Waals surface area contributed by atoms with Crippen LogP contribution in [-0.4, -0.2) is 67.1 Å². The summed E-state index contributed by atoms with van der Waals surface area (Å²) in [6.45, 7) is 0.0611. The number of hydrogen-bond acceptors (Lipinski definition) is 13. The van der Waals surface area contributed by atoms with Gasteiger partial charge in [-0.1, -0.05) is 15.9 Å². The molecule has 0 spiro atoms. The van der Waals surface area contributed by atoms with Gasteiger partial charge in [0, 0.05) is 22.2 Å². The zero-order chi connectivity index (χ0) is 33.7. The number of hydrogen-bond donors (Lipinski definition) is 1. The number of nitrogens with zero attached hydrogens (tertiary/aromatic N) is 2. The van der Waals surface area contributed by atoms with E-state index in [2.05, 4.69) is 26.1 Å². The van der Waals surface area contributed by atoms with Crippen LogP contribution in [0.2, 0.25) is 0 Å². The van der Waals surface area contributed by atoms with Crippen LogP contribution in [0.5, 0.6) is 34.5 Å². The number of methoxy groups -OCH3 is 5. The molecule has 0 N–H and O–H groups in total. The average molecular weight is 752 g/mol. The molecule has 0 radical (unpaired) electrons. The summed E-state index contributed by atoms with van der Waals surface area (Å²) in [7, 11) is 1.97. The minimum atomic E-state index is -4.11. The van der Waals surface area contributed by atoms with Gasteiger partial charge in [-0.15, -0.1) is 21.1 Å². The molecule has 0 fully saturated rings. The minimum absolute atomic E-state index is 0.00457. The molecule has 1 aromatic heterocycles. The molecule has 16 heteroatoms.